The van der Waals surface area contributed by atoms with Crippen molar-refractivity contribution >= 4 is 11.8 Å². The summed E-state index contributed by atoms with van der Waals surface area (Å²) in [6.45, 7) is 9.29. The van der Waals surface area contributed by atoms with E-state index in [1.54, 1.807) is 6.07 Å². The molecule has 6 heteroatoms. The van der Waals surface area contributed by atoms with Crippen molar-refractivity contribution in [3.8, 4) is 0 Å². The first-order valence-corrected chi connectivity index (χ1v) is 9.98. The summed E-state index contributed by atoms with van der Waals surface area (Å²) in [5.74, 6) is 0.773. The lowest BCUT2D eigenvalue weighted by Gasteiger charge is -2.48. The molecule has 0 bridgehead atoms. The summed E-state index contributed by atoms with van der Waals surface area (Å²) in [5, 5.41) is 4.02. The number of carbonyl (C=O) groups is 2. The molecule has 0 saturated carbocycles. The van der Waals surface area contributed by atoms with E-state index in [0.29, 0.717) is 18.7 Å². The number of likely N-dealkylation sites (tertiary alicyclic amines) is 2. The summed E-state index contributed by atoms with van der Waals surface area (Å²) in [6, 6.07) is 1.77. The topological polar surface area (TPSA) is 66.7 Å². The Balaban J connectivity index is 1.69. The molecule has 0 unspecified atom stereocenters. The zero-order valence-corrected chi connectivity index (χ0v) is 16.3. The zero-order valence-electron chi connectivity index (χ0n) is 16.3. The van der Waals surface area contributed by atoms with E-state index in [1.807, 2.05) is 23.6 Å². The molecule has 1 atom stereocenters. The Morgan fingerprint density at radius 3 is 2.85 bits per heavy atom. The Labute approximate surface area is 155 Å². The summed E-state index contributed by atoms with van der Waals surface area (Å²) >= 11 is 0. The van der Waals surface area contributed by atoms with Crippen LogP contribution in [0, 0.1) is 5.41 Å². The molecule has 2 aliphatic heterocycles. The highest BCUT2D eigenvalue weighted by Gasteiger charge is 2.43. The van der Waals surface area contributed by atoms with Crippen LogP contribution < -0.4 is 0 Å². The number of carbonyl (C=O) groups excluding carboxylic acids is 2. The maximum Gasteiger partial charge on any atom is 0.292 e. The van der Waals surface area contributed by atoms with Gasteiger partial charge in [-0.15, -0.1) is 0 Å². The minimum Gasteiger partial charge on any atom is -0.351 e. The van der Waals surface area contributed by atoms with Crippen LogP contribution in [0.1, 0.15) is 81.5 Å². The Hall–Kier alpha value is -1.85. The van der Waals surface area contributed by atoms with E-state index in [0.717, 1.165) is 57.4 Å². The van der Waals surface area contributed by atoms with Gasteiger partial charge in [0, 0.05) is 44.1 Å². The lowest BCUT2D eigenvalue weighted by atomic mass is 9.73. The number of nitrogens with zero attached hydrogens (tertiary/aromatic N) is 3. The van der Waals surface area contributed by atoms with Crippen molar-refractivity contribution in [2.45, 2.75) is 65.2 Å². The summed E-state index contributed by atoms with van der Waals surface area (Å²) in [4.78, 5) is 29.1. The molecule has 2 saturated heterocycles. The third kappa shape index (κ3) is 3.94. The molecule has 2 amide bonds. The van der Waals surface area contributed by atoms with Gasteiger partial charge in [-0.3, -0.25) is 9.59 Å². The van der Waals surface area contributed by atoms with Crippen molar-refractivity contribution in [1.29, 1.82) is 0 Å². The number of piperidine rings is 2. The van der Waals surface area contributed by atoms with Crippen LogP contribution in [0.5, 0.6) is 0 Å². The molecule has 2 fully saturated rings. The standard InChI is InChI=1S/C20H31N3O3/c1-4-5-10-22-13-20(9-7-18(22)24)8-6-11-23(14-20)19(25)17-12-16(15(2)3)21-26-17/h12,15H,4-11,13-14H2,1-3H3/t20-/m0/s1. The maximum absolute atomic E-state index is 12.9. The second-order valence-electron chi connectivity index (χ2n) is 8.27. The van der Waals surface area contributed by atoms with Gasteiger partial charge in [0.05, 0.1) is 5.69 Å². The normalized spacial score (nSPS) is 23.9. The summed E-state index contributed by atoms with van der Waals surface area (Å²) in [5.41, 5.74) is 0.852. The van der Waals surface area contributed by atoms with Gasteiger partial charge in [0.2, 0.25) is 11.7 Å². The van der Waals surface area contributed by atoms with E-state index >= 15 is 0 Å². The monoisotopic (exact) mass is 361 g/mol. The third-order valence-electron chi connectivity index (χ3n) is 5.81. The quantitative estimate of drug-likeness (QED) is 0.806. The predicted molar refractivity (Wildman–Crippen MR) is 98.9 cm³/mol. The zero-order chi connectivity index (χ0) is 18.7. The average molecular weight is 361 g/mol. The molecule has 1 aromatic rings. The first kappa shape index (κ1) is 18.9. The van der Waals surface area contributed by atoms with Gasteiger partial charge in [-0.2, -0.15) is 0 Å². The van der Waals surface area contributed by atoms with Crippen molar-refractivity contribution in [3.63, 3.8) is 0 Å². The van der Waals surface area contributed by atoms with Gasteiger partial charge in [-0.25, -0.2) is 0 Å². The van der Waals surface area contributed by atoms with Crippen molar-refractivity contribution < 1.29 is 14.1 Å². The highest BCUT2D eigenvalue weighted by Crippen LogP contribution is 2.39. The second-order valence-corrected chi connectivity index (χ2v) is 8.27. The number of hydrogen-bond acceptors (Lipinski definition) is 4. The predicted octanol–water partition coefficient (Wildman–Crippen LogP) is 3.44. The van der Waals surface area contributed by atoms with Gasteiger partial charge in [-0.1, -0.05) is 32.3 Å². The summed E-state index contributed by atoms with van der Waals surface area (Å²) in [6.07, 6.45) is 5.68. The summed E-state index contributed by atoms with van der Waals surface area (Å²) < 4.78 is 5.30. The Kier molecular flexibility index (Phi) is 5.68. The van der Waals surface area contributed by atoms with Crippen LogP contribution in [0.2, 0.25) is 0 Å². The fourth-order valence-electron chi connectivity index (χ4n) is 4.19. The molecule has 1 aromatic heterocycles. The van der Waals surface area contributed by atoms with Crippen LogP contribution >= 0.6 is 0 Å². The van der Waals surface area contributed by atoms with Gasteiger partial charge in [-0.05, 0) is 31.6 Å². The Bertz CT molecular complexity index is 654. The smallest absolute Gasteiger partial charge is 0.292 e. The van der Waals surface area contributed by atoms with Crippen LogP contribution in [0.25, 0.3) is 0 Å². The van der Waals surface area contributed by atoms with Crippen LogP contribution in [-0.4, -0.2) is 52.9 Å². The van der Waals surface area contributed by atoms with Crippen LogP contribution in [0.15, 0.2) is 10.6 Å². The van der Waals surface area contributed by atoms with Gasteiger partial charge in [0.15, 0.2) is 0 Å². The third-order valence-corrected chi connectivity index (χ3v) is 5.81. The van der Waals surface area contributed by atoms with Crippen molar-refractivity contribution in [3.05, 3.63) is 17.5 Å². The molecule has 0 aromatic carbocycles. The number of amides is 2. The number of unbranched alkanes of at least 4 members (excludes halogenated alkanes) is 1. The molecule has 144 valence electrons. The van der Waals surface area contributed by atoms with Gasteiger partial charge in [0.1, 0.15) is 0 Å². The number of aromatic nitrogens is 1. The second kappa shape index (κ2) is 7.80. The lowest BCUT2D eigenvalue weighted by molar-refractivity contribution is -0.139. The molecule has 0 aliphatic carbocycles. The number of rotatable bonds is 5. The van der Waals surface area contributed by atoms with E-state index in [-0.39, 0.29) is 23.1 Å². The minimum atomic E-state index is -0.0690. The molecule has 3 heterocycles. The molecular weight excluding hydrogens is 330 g/mol. The lowest BCUT2D eigenvalue weighted by Crippen LogP contribution is -2.55. The van der Waals surface area contributed by atoms with Gasteiger partial charge >= 0.3 is 0 Å². The van der Waals surface area contributed by atoms with Crippen molar-refractivity contribution in [2.24, 2.45) is 5.41 Å². The van der Waals surface area contributed by atoms with E-state index in [9.17, 15) is 9.59 Å². The fraction of sp³-hybridized carbons (Fsp3) is 0.750. The molecule has 0 N–H and O–H groups in total. The SMILES string of the molecule is CCCCN1C[C@]2(CCCN(C(=O)c3cc(C(C)C)no3)C2)CCC1=O. The Morgan fingerprint density at radius 1 is 1.35 bits per heavy atom. The first-order chi connectivity index (χ1) is 12.4. The Morgan fingerprint density at radius 2 is 2.15 bits per heavy atom. The highest BCUT2D eigenvalue weighted by molar-refractivity contribution is 5.91. The maximum atomic E-state index is 12.9. The van der Waals surface area contributed by atoms with Crippen LogP contribution in [0.3, 0.4) is 0 Å². The molecule has 1 spiro atoms. The van der Waals surface area contributed by atoms with Crippen LogP contribution in [-0.2, 0) is 4.79 Å². The number of hydrogen-bond donors (Lipinski definition) is 0. The van der Waals surface area contributed by atoms with Gasteiger partial charge < -0.3 is 14.3 Å². The minimum absolute atomic E-state index is 0.0382. The van der Waals surface area contributed by atoms with Crippen LogP contribution in [0.4, 0.5) is 0 Å². The molecule has 6 nitrogen and oxygen atoms in total. The van der Waals surface area contributed by atoms with E-state index in [4.69, 9.17) is 4.52 Å². The summed E-state index contributed by atoms with van der Waals surface area (Å²) in [7, 11) is 0. The average Bonchev–Trinajstić information content (AvgIpc) is 3.13. The molecule has 0 radical (unpaired) electrons. The van der Waals surface area contributed by atoms with E-state index in [2.05, 4.69) is 12.1 Å². The fourth-order valence-corrected chi connectivity index (χ4v) is 4.19. The largest absolute Gasteiger partial charge is 0.351 e. The van der Waals surface area contributed by atoms with Gasteiger partial charge in [0.25, 0.3) is 5.91 Å². The molecular formula is C20H31N3O3. The first-order valence-electron chi connectivity index (χ1n) is 9.98. The van der Waals surface area contributed by atoms with Crippen molar-refractivity contribution in [1.82, 2.24) is 15.0 Å². The molecule has 3 rings (SSSR count). The van der Waals surface area contributed by atoms with Crippen molar-refractivity contribution in [2.75, 3.05) is 26.2 Å². The van der Waals surface area contributed by atoms with E-state index < -0.39 is 0 Å². The highest BCUT2D eigenvalue weighted by atomic mass is 16.5. The van der Waals surface area contributed by atoms with E-state index in [1.165, 1.54) is 0 Å². The molecule has 26 heavy (non-hydrogen) atoms. The molecule has 2 aliphatic rings.